The fourth-order valence-electron chi connectivity index (χ4n) is 2.33. The second-order valence-electron chi connectivity index (χ2n) is 5.08. The van der Waals surface area contributed by atoms with Crippen LogP contribution in [0.15, 0.2) is 12.4 Å². The van der Waals surface area contributed by atoms with Gasteiger partial charge in [0, 0.05) is 25.3 Å². The fourth-order valence-corrected chi connectivity index (χ4v) is 2.66. The molecular formula is C12H20ClN3. The standard InChI is InChI=1S/C12H20ClN3/c1-10-3-5-12(9-13,6-4-10)15-11-14-7-8-16(11)2/h7-8,10H,3-6,9H2,1-2H3,(H,14,15). The number of aromatic nitrogens is 2. The minimum atomic E-state index is 0.0488. The second kappa shape index (κ2) is 4.66. The van der Waals surface area contributed by atoms with Crippen LogP contribution in [0.1, 0.15) is 32.6 Å². The molecule has 16 heavy (non-hydrogen) atoms. The van der Waals surface area contributed by atoms with Gasteiger partial charge in [0.2, 0.25) is 5.95 Å². The Bertz CT molecular complexity index is 340. The van der Waals surface area contributed by atoms with Crippen molar-refractivity contribution >= 4 is 17.5 Å². The van der Waals surface area contributed by atoms with Crippen molar-refractivity contribution in [2.24, 2.45) is 13.0 Å². The lowest BCUT2D eigenvalue weighted by atomic mass is 9.78. The molecule has 1 fully saturated rings. The number of nitrogens with zero attached hydrogens (tertiary/aromatic N) is 2. The number of halogens is 1. The van der Waals surface area contributed by atoms with E-state index in [2.05, 4.69) is 17.2 Å². The van der Waals surface area contributed by atoms with Gasteiger partial charge in [-0.15, -0.1) is 11.6 Å². The third kappa shape index (κ3) is 2.34. The van der Waals surface area contributed by atoms with Gasteiger partial charge in [0.05, 0.1) is 5.54 Å². The topological polar surface area (TPSA) is 29.9 Å². The van der Waals surface area contributed by atoms with Gasteiger partial charge in [-0.05, 0) is 31.6 Å². The highest BCUT2D eigenvalue weighted by Crippen LogP contribution is 2.35. The van der Waals surface area contributed by atoms with Crippen LogP contribution in [0.25, 0.3) is 0 Å². The summed E-state index contributed by atoms with van der Waals surface area (Å²) in [6, 6.07) is 0. The molecule has 0 amide bonds. The summed E-state index contributed by atoms with van der Waals surface area (Å²) in [5.41, 5.74) is 0.0488. The van der Waals surface area contributed by atoms with Crippen LogP contribution < -0.4 is 5.32 Å². The van der Waals surface area contributed by atoms with E-state index in [0.717, 1.165) is 24.7 Å². The smallest absolute Gasteiger partial charge is 0.202 e. The Morgan fingerprint density at radius 3 is 2.75 bits per heavy atom. The summed E-state index contributed by atoms with van der Waals surface area (Å²) in [5, 5.41) is 3.53. The van der Waals surface area contributed by atoms with E-state index in [0.29, 0.717) is 5.88 Å². The van der Waals surface area contributed by atoms with Gasteiger partial charge in [0.1, 0.15) is 0 Å². The maximum Gasteiger partial charge on any atom is 0.202 e. The molecule has 1 aromatic rings. The molecule has 0 bridgehead atoms. The van der Waals surface area contributed by atoms with Crippen molar-refractivity contribution in [3.63, 3.8) is 0 Å². The lowest BCUT2D eigenvalue weighted by Crippen LogP contribution is -2.44. The molecular weight excluding hydrogens is 222 g/mol. The minimum absolute atomic E-state index is 0.0488. The second-order valence-corrected chi connectivity index (χ2v) is 5.35. The summed E-state index contributed by atoms with van der Waals surface area (Å²) in [4.78, 5) is 4.32. The van der Waals surface area contributed by atoms with Crippen molar-refractivity contribution in [3.8, 4) is 0 Å². The largest absolute Gasteiger partial charge is 0.349 e. The molecule has 3 nitrogen and oxygen atoms in total. The van der Waals surface area contributed by atoms with Crippen molar-refractivity contribution in [2.45, 2.75) is 38.1 Å². The van der Waals surface area contributed by atoms with Gasteiger partial charge in [0.15, 0.2) is 0 Å². The number of anilines is 1. The first-order valence-electron chi connectivity index (χ1n) is 5.97. The first-order chi connectivity index (χ1) is 7.65. The average molecular weight is 242 g/mol. The van der Waals surface area contributed by atoms with Crippen molar-refractivity contribution in [2.75, 3.05) is 11.2 Å². The molecule has 0 aromatic carbocycles. The Hall–Kier alpha value is -0.700. The summed E-state index contributed by atoms with van der Waals surface area (Å²) in [5.74, 6) is 2.42. The highest BCUT2D eigenvalue weighted by Gasteiger charge is 2.34. The Morgan fingerprint density at radius 2 is 2.25 bits per heavy atom. The van der Waals surface area contributed by atoms with Crippen LogP contribution in [0.2, 0.25) is 0 Å². The van der Waals surface area contributed by atoms with Crippen LogP contribution in [0.3, 0.4) is 0 Å². The SMILES string of the molecule is CC1CCC(CCl)(Nc2nccn2C)CC1. The van der Waals surface area contributed by atoms with E-state index in [1.165, 1.54) is 12.8 Å². The summed E-state index contributed by atoms with van der Waals surface area (Å²) in [7, 11) is 2.00. The normalized spacial score (nSPS) is 30.3. The highest BCUT2D eigenvalue weighted by molar-refractivity contribution is 6.18. The fraction of sp³-hybridized carbons (Fsp3) is 0.750. The van der Waals surface area contributed by atoms with Crippen LogP contribution >= 0.6 is 11.6 Å². The van der Waals surface area contributed by atoms with E-state index >= 15 is 0 Å². The van der Waals surface area contributed by atoms with E-state index < -0.39 is 0 Å². The van der Waals surface area contributed by atoms with Gasteiger partial charge in [0.25, 0.3) is 0 Å². The van der Waals surface area contributed by atoms with Crippen molar-refractivity contribution in [1.29, 1.82) is 0 Å². The van der Waals surface area contributed by atoms with Crippen LogP contribution in [0.4, 0.5) is 5.95 Å². The number of nitrogens with one attached hydrogen (secondary N) is 1. The third-order valence-electron chi connectivity index (χ3n) is 3.69. The summed E-state index contributed by atoms with van der Waals surface area (Å²) >= 11 is 6.15. The molecule has 0 atom stereocenters. The zero-order valence-electron chi connectivity index (χ0n) is 10.0. The molecule has 1 saturated carbocycles. The molecule has 0 unspecified atom stereocenters. The van der Waals surface area contributed by atoms with Crippen molar-refractivity contribution < 1.29 is 0 Å². The van der Waals surface area contributed by atoms with Crippen LogP contribution in [0.5, 0.6) is 0 Å². The third-order valence-corrected chi connectivity index (χ3v) is 4.20. The Balaban J connectivity index is 2.08. The maximum atomic E-state index is 6.15. The molecule has 0 radical (unpaired) electrons. The Labute approximate surface area is 102 Å². The average Bonchev–Trinajstić information content (AvgIpc) is 2.68. The van der Waals surface area contributed by atoms with Gasteiger partial charge in [-0.3, -0.25) is 0 Å². The molecule has 1 heterocycles. The van der Waals surface area contributed by atoms with E-state index in [-0.39, 0.29) is 5.54 Å². The van der Waals surface area contributed by atoms with E-state index in [1.54, 1.807) is 0 Å². The van der Waals surface area contributed by atoms with E-state index in [4.69, 9.17) is 11.6 Å². The molecule has 4 heteroatoms. The van der Waals surface area contributed by atoms with Crippen LogP contribution in [-0.2, 0) is 7.05 Å². The first kappa shape index (κ1) is 11.8. The zero-order chi connectivity index (χ0) is 11.6. The summed E-state index contributed by atoms with van der Waals surface area (Å²) in [6.45, 7) is 2.32. The summed E-state index contributed by atoms with van der Waals surface area (Å²) in [6.07, 6.45) is 8.56. The van der Waals surface area contributed by atoms with Gasteiger partial charge < -0.3 is 9.88 Å². The molecule has 1 aliphatic carbocycles. The highest BCUT2D eigenvalue weighted by atomic mass is 35.5. The first-order valence-corrected chi connectivity index (χ1v) is 6.50. The maximum absolute atomic E-state index is 6.15. The molecule has 90 valence electrons. The van der Waals surface area contributed by atoms with Crippen LogP contribution in [0, 0.1) is 5.92 Å². The van der Waals surface area contributed by atoms with Crippen molar-refractivity contribution in [3.05, 3.63) is 12.4 Å². The molecule has 0 spiro atoms. The Morgan fingerprint density at radius 1 is 1.56 bits per heavy atom. The quantitative estimate of drug-likeness (QED) is 0.825. The predicted octanol–water partition coefficient (Wildman–Crippen LogP) is 3.02. The molecule has 1 N–H and O–H groups in total. The lowest BCUT2D eigenvalue weighted by molar-refractivity contribution is 0.285. The van der Waals surface area contributed by atoms with Gasteiger partial charge in [-0.25, -0.2) is 4.98 Å². The molecule has 0 aliphatic heterocycles. The van der Waals surface area contributed by atoms with Crippen molar-refractivity contribution in [1.82, 2.24) is 9.55 Å². The molecule has 0 saturated heterocycles. The number of hydrogen-bond donors (Lipinski definition) is 1. The monoisotopic (exact) mass is 241 g/mol. The van der Waals surface area contributed by atoms with Crippen LogP contribution in [-0.4, -0.2) is 21.0 Å². The van der Waals surface area contributed by atoms with Gasteiger partial charge in [-0.1, -0.05) is 6.92 Å². The van der Waals surface area contributed by atoms with Gasteiger partial charge in [-0.2, -0.15) is 0 Å². The van der Waals surface area contributed by atoms with Gasteiger partial charge >= 0.3 is 0 Å². The molecule has 2 rings (SSSR count). The number of alkyl halides is 1. The van der Waals surface area contributed by atoms with E-state index in [1.807, 2.05) is 24.0 Å². The number of imidazole rings is 1. The zero-order valence-corrected chi connectivity index (χ0v) is 10.8. The molecule has 1 aromatic heterocycles. The lowest BCUT2D eigenvalue weighted by Gasteiger charge is -2.39. The minimum Gasteiger partial charge on any atom is -0.349 e. The number of aryl methyl sites for hydroxylation is 1. The Kier molecular flexibility index (Phi) is 3.43. The number of rotatable bonds is 3. The summed E-state index contributed by atoms with van der Waals surface area (Å²) < 4.78 is 2.01. The van der Waals surface area contributed by atoms with E-state index in [9.17, 15) is 0 Å². The predicted molar refractivity (Wildman–Crippen MR) is 67.9 cm³/mol. The number of hydrogen-bond acceptors (Lipinski definition) is 2. The molecule has 1 aliphatic rings.